The van der Waals surface area contributed by atoms with E-state index in [1.165, 1.54) is 56.6 Å². The van der Waals surface area contributed by atoms with E-state index in [4.69, 9.17) is 5.21 Å². The molecule has 0 atom stereocenters. The fraction of sp³-hybridized carbons (Fsp3) is 0.667. The summed E-state index contributed by atoms with van der Waals surface area (Å²) >= 11 is 0. The van der Waals surface area contributed by atoms with Gasteiger partial charge < -0.3 is 4.98 Å². The highest BCUT2D eigenvalue weighted by Gasteiger charge is 2.46. The van der Waals surface area contributed by atoms with Crippen molar-refractivity contribution in [2.75, 3.05) is 6.54 Å². The van der Waals surface area contributed by atoms with Crippen molar-refractivity contribution in [3.8, 4) is 0 Å². The summed E-state index contributed by atoms with van der Waals surface area (Å²) in [6.45, 7) is 1.63. The zero-order valence-corrected chi connectivity index (χ0v) is 13.9. The van der Waals surface area contributed by atoms with E-state index >= 15 is 0 Å². The molecule has 24 heavy (non-hydrogen) atoms. The van der Waals surface area contributed by atoms with Gasteiger partial charge in [0.2, 0.25) is 0 Å². The molecule has 2 aliphatic carbocycles. The molecule has 0 bridgehead atoms. The Hall–Kier alpha value is -1.66. The molecule has 2 fully saturated rings. The smallest absolute Gasteiger partial charge is 0.280 e. The molecule has 0 radical (unpaired) electrons. The van der Waals surface area contributed by atoms with E-state index in [9.17, 15) is 9.59 Å². The van der Waals surface area contributed by atoms with Crippen LogP contribution in [0, 0.1) is 5.41 Å². The summed E-state index contributed by atoms with van der Waals surface area (Å²) in [5.74, 6) is -0.750. The molecule has 1 spiro atoms. The summed E-state index contributed by atoms with van der Waals surface area (Å²) in [6, 6.07) is 0.639. The lowest BCUT2D eigenvalue weighted by molar-refractivity contribution is -0.0313. The highest BCUT2D eigenvalue weighted by Crippen LogP contribution is 2.53. The van der Waals surface area contributed by atoms with Crippen molar-refractivity contribution >= 4 is 5.91 Å². The molecular weight excluding hydrogens is 306 g/mol. The molecule has 2 heterocycles. The van der Waals surface area contributed by atoms with Crippen molar-refractivity contribution in [1.29, 1.82) is 0 Å². The van der Waals surface area contributed by atoms with Crippen molar-refractivity contribution in [2.24, 2.45) is 5.41 Å². The van der Waals surface area contributed by atoms with Crippen LogP contribution in [0.4, 0.5) is 0 Å². The molecule has 0 aromatic carbocycles. The van der Waals surface area contributed by atoms with Crippen LogP contribution < -0.4 is 10.9 Å². The van der Waals surface area contributed by atoms with Crippen LogP contribution in [-0.2, 0) is 13.0 Å². The van der Waals surface area contributed by atoms with E-state index in [1.807, 2.05) is 0 Å². The minimum absolute atomic E-state index is 0.0190. The third-order valence-corrected chi connectivity index (χ3v) is 6.40. The molecule has 3 N–H and O–H groups in total. The summed E-state index contributed by atoms with van der Waals surface area (Å²) in [6.07, 6.45) is 11.6. The van der Waals surface area contributed by atoms with Gasteiger partial charge in [-0.3, -0.25) is 19.7 Å². The number of pyridine rings is 1. The second kappa shape index (κ2) is 6.01. The molecule has 130 valence electrons. The van der Waals surface area contributed by atoms with Gasteiger partial charge in [0.1, 0.15) is 5.56 Å². The number of hydrogen-bond donors (Lipinski definition) is 3. The molecule has 3 aliphatic rings. The van der Waals surface area contributed by atoms with Crippen LogP contribution in [0.5, 0.6) is 0 Å². The van der Waals surface area contributed by atoms with Gasteiger partial charge >= 0.3 is 0 Å². The van der Waals surface area contributed by atoms with Crippen molar-refractivity contribution in [2.45, 2.75) is 64.0 Å². The van der Waals surface area contributed by atoms with Crippen LogP contribution in [0.1, 0.15) is 66.6 Å². The quantitative estimate of drug-likeness (QED) is 0.571. The van der Waals surface area contributed by atoms with Gasteiger partial charge in [-0.25, -0.2) is 5.48 Å². The van der Waals surface area contributed by atoms with Crippen molar-refractivity contribution in [1.82, 2.24) is 15.4 Å². The maximum atomic E-state index is 12.4. The van der Waals surface area contributed by atoms with Gasteiger partial charge in [0.05, 0.1) is 0 Å². The molecular formula is C18H25N3O3. The fourth-order valence-electron chi connectivity index (χ4n) is 5.00. The summed E-state index contributed by atoms with van der Waals surface area (Å²) in [5, 5.41) is 8.73. The molecule has 1 aromatic rings. The third-order valence-electron chi connectivity index (χ3n) is 6.40. The number of nitrogens with one attached hydrogen (secondary N) is 2. The SMILES string of the molecule is O=C(NO)c1c[nH]c2c(c1=O)CCN(C1CC3(CCCCC3)C1)C2. The number of carbonyl (C=O) groups excluding carboxylic acids is 1. The number of rotatable bonds is 2. The Labute approximate surface area is 141 Å². The number of aromatic amines is 1. The van der Waals surface area contributed by atoms with Gasteiger partial charge in [-0.15, -0.1) is 0 Å². The molecule has 6 nitrogen and oxygen atoms in total. The van der Waals surface area contributed by atoms with Crippen molar-refractivity contribution in [3.05, 3.63) is 33.2 Å². The Morgan fingerprint density at radius 1 is 1.29 bits per heavy atom. The number of hydroxylamine groups is 1. The Balaban J connectivity index is 1.46. The van der Waals surface area contributed by atoms with Gasteiger partial charge in [0.15, 0.2) is 5.43 Å². The predicted molar refractivity (Wildman–Crippen MR) is 89.0 cm³/mol. The number of carbonyl (C=O) groups is 1. The first kappa shape index (κ1) is 15.8. The maximum absolute atomic E-state index is 12.4. The Morgan fingerprint density at radius 3 is 2.75 bits per heavy atom. The lowest BCUT2D eigenvalue weighted by atomic mass is 9.58. The molecule has 4 rings (SSSR count). The van der Waals surface area contributed by atoms with Crippen LogP contribution in [0.3, 0.4) is 0 Å². The largest absolute Gasteiger partial charge is 0.363 e. The van der Waals surface area contributed by atoms with Gasteiger partial charge in [0, 0.05) is 36.6 Å². The zero-order valence-electron chi connectivity index (χ0n) is 13.9. The standard InChI is InChI=1S/C18H25N3O3/c22-16-13-4-7-21(11-15(13)19-10-14(16)17(23)20-24)12-8-18(9-12)5-2-1-3-6-18/h10,12,24H,1-9,11H2,(H,19,22)(H,20,23). The van der Waals surface area contributed by atoms with E-state index in [0.717, 1.165) is 18.8 Å². The van der Waals surface area contributed by atoms with Gasteiger partial charge in [-0.2, -0.15) is 0 Å². The molecule has 2 saturated carbocycles. The van der Waals surface area contributed by atoms with Crippen LogP contribution in [-0.4, -0.2) is 33.6 Å². The molecule has 6 heteroatoms. The molecule has 1 aromatic heterocycles. The fourth-order valence-corrected chi connectivity index (χ4v) is 5.00. The highest BCUT2D eigenvalue weighted by molar-refractivity contribution is 5.93. The number of nitrogens with zero attached hydrogens (tertiary/aromatic N) is 1. The Morgan fingerprint density at radius 2 is 2.04 bits per heavy atom. The monoisotopic (exact) mass is 331 g/mol. The summed E-state index contributed by atoms with van der Waals surface area (Å²) in [5.41, 5.74) is 3.49. The first-order valence-corrected chi connectivity index (χ1v) is 9.04. The second-order valence-electron chi connectivity index (χ2n) is 7.77. The minimum Gasteiger partial charge on any atom is -0.363 e. The van der Waals surface area contributed by atoms with E-state index in [2.05, 4.69) is 9.88 Å². The number of amides is 1. The minimum atomic E-state index is -0.750. The van der Waals surface area contributed by atoms with Gasteiger partial charge in [-0.1, -0.05) is 19.3 Å². The van der Waals surface area contributed by atoms with Crippen LogP contribution in [0.2, 0.25) is 0 Å². The first-order valence-electron chi connectivity index (χ1n) is 9.04. The summed E-state index contributed by atoms with van der Waals surface area (Å²) in [7, 11) is 0. The van der Waals surface area contributed by atoms with Crippen molar-refractivity contribution in [3.63, 3.8) is 0 Å². The predicted octanol–water partition coefficient (Wildman–Crippen LogP) is 1.96. The lowest BCUT2D eigenvalue weighted by Gasteiger charge is -2.54. The van der Waals surface area contributed by atoms with E-state index in [1.54, 1.807) is 0 Å². The Bertz CT molecular complexity index is 698. The molecule has 0 unspecified atom stereocenters. The molecule has 0 saturated heterocycles. The molecule has 1 aliphatic heterocycles. The average Bonchev–Trinajstić information content (AvgIpc) is 2.59. The third kappa shape index (κ3) is 2.58. The highest BCUT2D eigenvalue weighted by atomic mass is 16.5. The number of aromatic nitrogens is 1. The van der Waals surface area contributed by atoms with E-state index in [-0.39, 0.29) is 11.0 Å². The lowest BCUT2D eigenvalue weighted by Crippen LogP contribution is -2.53. The number of fused-ring (bicyclic) bond motifs is 1. The summed E-state index contributed by atoms with van der Waals surface area (Å²) in [4.78, 5) is 29.5. The van der Waals surface area contributed by atoms with Crippen LogP contribution in [0.25, 0.3) is 0 Å². The second-order valence-corrected chi connectivity index (χ2v) is 7.77. The van der Waals surface area contributed by atoms with Crippen LogP contribution >= 0.6 is 0 Å². The topological polar surface area (TPSA) is 85.4 Å². The van der Waals surface area contributed by atoms with Crippen LogP contribution in [0.15, 0.2) is 11.0 Å². The maximum Gasteiger partial charge on any atom is 0.280 e. The first-order chi connectivity index (χ1) is 11.6. The van der Waals surface area contributed by atoms with Gasteiger partial charge in [0.25, 0.3) is 5.91 Å². The number of H-pyrrole nitrogens is 1. The van der Waals surface area contributed by atoms with Crippen molar-refractivity contribution < 1.29 is 10.0 Å². The van der Waals surface area contributed by atoms with E-state index < -0.39 is 5.91 Å². The zero-order chi connectivity index (χ0) is 16.7. The normalized spacial score (nSPS) is 23.5. The Kier molecular flexibility index (Phi) is 3.96. The van der Waals surface area contributed by atoms with E-state index in [0.29, 0.717) is 23.4 Å². The van der Waals surface area contributed by atoms with Gasteiger partial charge in [-0.05, 0) is 37.5 Å². The average molecular weight is 331 g/mol. The molecule has 1 amide bonds. The number of hydrogen-bond acceptors (Lipinski definition) is 4. The summed E-state index contributed by atoms with van der Waals surface area (Å²) < 4.78 is 0.